The van der Waals surface area contributed by atoms with E-state index >= 15 is 0 Å². The van der Waals surface area contributed by atoms with Crippen LogP contribution in [0.15, 0.2) is 23.3 Å². The van der Waals surface area contributed by atoms with E-state index in [1.807, 2.05) is 0 Å². The topological polar surface area (TPSA) is 88.0 Å². The molecule has 0 saturated heterocycles. The number of hydrogen-bond donors (Lipinski definition) is 2. The largest absolute Gasteiger partial charge is 0.478 e. The molecule has 12 heavy (non-hydrogen) atoms. The first-order chi connectivity index (χ1) is 5.70. The van der Waals surface area contributed by atoms with E-state index in [0.29, 0.717) is 0 Å². The molecule has 1 aromatic heterocycles. The van der Waals surface area contributed by atoms with Gasteiger partial charge in [-0.3, -0.25) is 4.57 Å². The van der Waals surface area contributed by atoms with Gasteiger partial charge in [0.25, 0.3) is 0 Å². The number of rotatable bonds is 3. The maximum Gasteiger partial charge on any atom is 0.343 e. The Kier molecular flexibility index (Phi) is 2.42. The molecule has 1 heterocycles. The van der Waals surface area contributed by atoms with Crippen molar-refractivity contribution in [2.45, 2.75) is 6.54 Å². The van der Waals surface area contributed by atoms with E-state index in [2.05, 4.69) is 10.2 Å². The molecule has 0 bridgehead atoms. The van der Waals surface area contributed by atoms with Crippen LogP contribution in [0, 0.1) is 0 Å². The standard InChI is InChI=1S/C6H7N3O3/c10-5(11)2-1-3-9-4-7-8-6(9)12/h1-2,4H,3H2,(H,8,12)(H,10,11)/b2-1+. The molecule has 0 aromatic carbocycles. The Morgan fingerprint density at radius 2 is 2.58 bits per heavy atom. The van der Waals surface area contributed by atoms with Crippen LogP contribution in [0.1, 0.15) is 0 Å². The summed E-state index contributed by atoms with van der Waals surface area (Å²) in [5.74, 6) is -1.04. The van der Waals surface area contributed by atoms with Crippen LogP contribution >= 0.6 is 0 Å². The van der Waals surface area contributed by atoms with Crippen molar-refractivity contribution in [1.82, 2.24) is 14.8 Å². The summed E-state index contributed by atoms with van der Waals surface area (Å²) in [7, 11) is 0. The third-order valence-corrected chi connectivity index (χ3v) is 1.18. The van der Waals surface area contributed by atoms with E-state index < -0.39 is 5.97 Å². The van der Waals surface area contributed by atoms with Crippen molar-refractivity contribution in [3.63, 3.8) is 0 Å². The summed E-state index contributed by atoms with van der Waals surface area (Å²) in [6, 6.07) is 0. The van der Waals surface area contributed by atoms with Gasteiger partial charge in [-0.1, -0.05) is 6.08 Å². The summed E-state index contributed by atoms with van der Waals surface area (Å²) in [5, 5.41) is 13.9. The predicted octanol–water partition coefficient (Wildman–Crippen LogP) is -0.788. The molecule has 0 aliphatic rings. The molecular weight excluding hydrogens is 162 g/mol. The quantitative estimate of drug-likeness (QED) is 0.580. The second-order valence-electron chi connectivity index (χ2n) is 2.05. The summed E-state index contributed by atoms with van der Waals surface area (Å²) in [5.41, 5.74) is -0.356. The number of aliphatic carboxylic acids is 1. The maximum atomic E-state index is 10.8. The molecule has 0 spiro atoms. The number of nitrogens with zero attached hydrogens (tertiary/aromatic N) is 2. The first kappa shape index (κ1) is 8.25. The van der Waals surface area contributed by atoms with Gasteiger partial charge in [0.15, 0.2) is 0 Å². The van der Waals surface area contributed by atoms with Gasteiger partial charge in [-0.05, 0) is 0 Å². The van der Waals surface area contributed by atoms with Crippen LogP contribution in [-0.2, 0) is 11.3 Å². The van der Waals surface area contributed by atoms with E-state index in [1.165, 1.54) is 17.0 Å². The molecule has 0 aliphatic carbocycles. The Bertz CT molecular complexity index is 349. The van der Waals surface area contributed by atoms with E-state index in [9.17, 15) is 9.59 Å². The lowest BCUT2D eigenvalue weighted by Crippen LogP contribution is -2.15. The maximum absolute atomic E-state index is 10.8. The van der Waals surface area contributed by atoms with Crippen LogP contribution in [0.3, 0.4) is 0 Å². The minimum Gasteiger partial charge on any atom is -0.478 e. The van der Waals surface area contributed by atoms with Gasteiger partial charge in [-0.15, -0.1) is 0 Å². The molecule has 0 unspecified atom stereocenters. The molecule has 0 saturated carbocycles. The second kappa shape index (κ2) is 3.51. The monoisotopic (exact) mass is 169 g/mol. The molecule has 64 valence electrons. The van der Waals surface area contributed by atoms with Crippen LogP contribution in [0.5, 0.6) is 0 Å². The van der Waals surface area contributed by atoms with Crippen LogP contribution in [0.25, 0.3) is 0 Å². The van der Waals surface area contributed by atoms with Crippen molar-refractivity contribution >= 4 is 5.97 Å². The zero-order chi connectivity index (χ0) is 8.97. The van der Waals surface area contributed by atoms with Crippen molar-refractivity contribution in [1.29, 1.82) is 0 Å². The van der Waals surface area contributed by atoms with Gasteiger partial charge >= 0.3 is 11.7 Å². The molecule has 0 fully saturated rings. The van der Waals surface area contributed by atoms with Gasteiger partial charge < -0.3 is 5.11 Å². The zero-order valence-corrected chi connectivity index (χ0v) is 6.10. The number of carboxylic acid groups (broad SMARTS) is 1. The number of aromatic amines is 1. The second-order valence-corrected chi connectivity index (χ2v) is 2.05. The lowest BCUT2D eigenvalue weighted by molar-refractivity contribution is -0.131. The Hall–Kier alpha value is -1.85. The fourth-order valence-corrected chi connectivity index (χ4v) is 0.668. The number of aromatic nitrogens is 3. The highest BCUT2D eigenvalue weighted by atomic mass is 16.4. The minimum absolute atomic E-state index is 0.210. The Morgan fingerprint density at radius 1 is 1.83 bits per heavy atom. The zero-order valence-electron chi connectivity index (χ0n) is 6.10. The Labute approximate surface area is 67.1 Å². The molecule has 6 nitrogen and oxygen atoms in total. The fourth-order valence-electron chi connectivity index (χ4n) is 0.668. The molecule has 0 atom stereocenters. The van der Waals surface area contributed by atoms with E-state index in [-0.39, 0.29) is 12.2 Å². The molecule has 0 radical (unpaired) electrons. The van der Waals surface area contributed by atoms with E-state index in [1.54, 1.807) is 0 Å². The number of carbonyl (C=O) groups is 1. The van der Waals surface area contributed by atoms with Crippen molar-refractivity contribution < 1.29 is 9.90 Å². The van der Waals surface area contributed by atoms with Crippen LogP contribution in [0.2, 0.25) is 0 Å². The summed E-state index contributed by atoms with van der Waals surface area (Å²) < 4.78 is 1.25. The lowest BCUT2D eigenvalue weighted by Gasteiger charge is -1.89. The lowest BCUT2D eigenvalue weighted by atomic mass is 10.5. The van der Waals surface area contributed by atoms with Gasteiger partial charge in [-0.25, -0.2) is 14.7 Å². The van der Waals surface area contributed by atoms with Gasteiger partial charge in [0, 0.05) is 12.6 Å². The van der Waals surface area contributed by atoms with Gasteiger partial charge in [0.2, 0.25) is 0 Å². The average molecular weight is 169 g/mol. The molecule has 0 aliphatic heterocycles. The molecule has 1 aromatic rings. The normalized spacial score (nSPS) is 10.7. The summed E-state index contributed by atoms with van der Waals surface area (Å²) in [6.45, 7) is 0.210. The van der Waals surface area contributed by atoms with Gasteiger partial charge in [0.05, 0.1) is 0 Å². The highest BCUT2D eigenvalue weighted by molar-refractivity contribution is 5.79. The summed E-state index contributed by atoms with van der Waals surface area (Å²) in [4.78, 5) is 20.8. The molecule has 0 amide bonds. The number of nitrogens with one attached hydrogen (secondary N) is 1. The number of allylic oxidation sites excluding steroid dienone is 1. The van der Waals surface area contributed by atoms with Crippen LogP contribution < -0.4 is 5.69 Å². The molecule has 6 heteroatoms. The van der Waals surface area contributed by atoms with E-state index in [4.69, 9.17) is 5.11 Å². The Balaban J connectivity index is 2.60. The first-order valence-electron chi connectivity index (χ1n) is 3.19. The first-order valence-corrected chi connectivity index (χ1v) is 3.19. The molecule has 1 rings (SSSR count). The fraction of sp³-hybridized carbons (Fsp3) is 0.167. The Morgan fingerprint density at radius 3 is 3.08 bits per heavy atom. The average Bonchev–Trinajstić information content (AvgIpc) is 2.36. The minimum atomic E-state index is -1.04. The van der Waals surface area contributed by atoms with Gasteiger partial charge in [-0.2, -0.15) is 5.10 Å². The highest BCUT2D eigenvalue weighted by Crippen LogP contribution is 1.79. The van der Waals surface area contributed by atoms with Crippen molar-refractivity contribution in [3.8, 4) is 0 Å². The predicted molar refractivity (Wildman–Crippen MR) is 39.6 cm³/mol. The summed E-state index contributed by atoms with van der Waals surface area (Å²) >= 11 is 0. The molecule has 2 N–H and O–H groups in total. The van der Waals surface area contributed by atoms with E-state index in [0.717, 1.165) is 6.08 Å². The van der Waals surface area contributed by atoms with Gasteiger partial charge in [0.1, 0.15) is 6.33 Å². The highest BCUT2D eigenvalue weighted by Gasteiger charge is 1.92. The molecular formula is C6H7N3O3. The third-order valence-electron chi connectivity index (χ3n) is 1.18. The van der Waals surface area contributed by atoms with Crippen molar-refractivity contribution in [3.05, 3.63) is 29.0 Å². The number of H-pyrrole nitrogens is 1. The van der Waals surface area contributed by atoms with Crippen molar-refractivity contribution in [2.24, 2.45) is 0 Å². The van der Waals surface area contributed by atoms with Crippen molar-refractivity contribution in [2.75, 3.05) is 0 Å². The smallest absolute Gasteiger partial charge is 0.343 e. The number of hydrogen-bond acceptors (Lipinski definition) is 3. The van der Waals surface area contributed by atoms with Crippen LogP contribution in [0.4, 0.5) is 0 Å². The van der Waals surface area contributed by atoms with Crippen LogP contribution in [-0.4, -0.2) is 25.8 Å². The third kappa shape index (κ3) is 2.08. The number of carboxylic acids is 1. The SMILES string of the molecule is O=C(O)/C=C/Cn1cn[nH]c1=O. The summed E-state index contributed by atoms with van der Waals surface area (Å²) in [6.07, 6.45) is 3.63.